The lowest BCUT2D eigenvalue weighted by molar-refractivity contribution is 0.302. The van der Waals surface area contributed by atoms with E-state index in [4.69, 9.17) is 9.40 Å². The van der Waals surface area contributed by atoms with E-state index >= 15 is 0 Å². The molecule has 0 amide bonds. The van der Waals surface area contributed by atoms with Gasteiger partial charge in [-0.25, -0.2) is 9.78 Å². The predicted molar refractivity (Wildman–Crippen MR) is 125 cm³/mol. The Morgan fingerprint density at radius 3 is 2.55 bits per heavy atom. The van der Waals surface area contributed by atoms with E-state index in [1.807, 2.05) is 29.7 Å². The maximum Gasteiger partial charge on any atom is 0.349 e. The number of fused-ring (bicyclic) bond motifs is 2. The Bertz CT molecular complexity index is 1340. The van der Waals surface area contributed by atoms with E-state index in [0.717, 1.165) is 12.0 Å². The molecular weight excluding hydrogens is 390 g/mol. The van der Waals surface area contributed by atoms with E-state index in [9.17, 15) is 9.90 Å². The van der Waals surface area contributed by atoms with Gasteiger partial charge >= 0.3 is 5.63 Å². The van der Waals surface area contributed by atoms with Crippen LogP contribution in [0.3, 0.4) is 0 Å². The Morgan fingerprint density at radius 2 is 1.84 bits per heavy atom. The zero-order chi connectivity index (χ0) is 22.6. The van der Waals surface area contributed by atoms with Gasteiger partial charge < -0.3 is 14.8 Å². The number of rotatable bonds is 4. The molecule has 0 unspecified atom stereocenters. The van der Waals surface area contributed by atoms with E-state index in [0.29, 0.717) is 28.1 Å². The number of aromatic hydroxyl groups is 1. The number of imidazole rings is 1. The molecule has 6 heteroatoms. The fraction of sp³-hybridized carbons (Fsp3) is 0.360. The first-order valence-corrected chi connectivity index (χ1v) is 10.5. The van der Waals surface area contributed by atoms with Crippen molar-refractivity contribution in [2.45, 2.75) is 53.5 Å². The molecule has 0 spiro atoms. The standard InChI is InChI=1S/C25H29N3O3/c1-15-11-12-28-18(13-15)26-20(22(28)27-25(5,6)14-24(2,3)4)19-21(29)16-9-7-8-10-17(16)31-23(19)30/h7-13,27,29H,14H2,1-6H3. The molecule has 31 heavy (non-hydrogen) atoms. The van der Waals surface area contributed by atoms with Gasteiger partial charge in [-0.3, -0.25) is 4.40 Å². The van der Waals surface area contributed by atoms with E-state index in [2.05, 4.69) is 39.9 Å². The molecule has 0 saturated carbocycles. The summed E-state index contributed by atoms with van der Waals surface area (Å²) >= 11 is 0. The maximum absolute atomic E-state index is 12.9. The first-order chi connectivity index (χ1) is 14.5. The van der Waals surface area contributed by atoms with Crippen LogP contribution in [0.2, 0.25) is 0 Å². The first-order valence-electron chi connectivity index (χ1n) is 10.5. The van der Waals surface area contributed by atoms with Crippen molar-refractivity contribution in [1.82, 2.24) is 9.38 Å². The molecule has 6 nitrogen and oxygen atoms in total. The highest BCUT2D eigenvalue weighted by atomic mass is 16.4. The summed E-state index contributed by atoms with van der Waals surface area (Å²) in [5.74, 6) is 0.533. The van der Waals surface area contributed by atoms with Gasteiger partial charge in [0.25, 0.3) is 0 Å². The first kappa shape index (κ1) is 21.0. The topological polar surface area (TPSA) is 79.8 Å². The molecule has 4 aromatic rings. The van der Waals surface area contributed by atoms with Crippen LogP contribution in [0.1, 0.15) is 46.6 Å². The average Bonchev–Trinajstić information content (AvgIpc) is 2.96. The second kappa shape index (κ2) is 7.15. The number of pyridine rings is 1. The molecule has 0 atom stereocenters. The van der Waals surface area contributed by atoms with Crippen LogP contribution in [-0.4, -0.2) is 20.0 Å². The fourth-order valence-corrected chi connectivity index (χ4v) is 4.47. The molecule has 0 radical (unpaired) electrons. The number of nitrogens with zero attached hydrogens (tertiary/aromatic N) is 2. The molecule has 0 aliphatic heterocycles. The van der Waals surface area contributed by atoms with Crippen LogP contribution >= 0.6 is 0 Å². The molecule has 162 valence electrons. The van der Waals surface area contributed by atoms with Crippen molar-refractivity contribution >= 4 is 22.4 Å². The second-order valence-electron chi connectivity index (χ2n) is 10.1. The maximum atomic E-state index is 12.9. The van der Waals surface area contributed by atoms with Crippen LogP contribution in [0, 0.1) is 12.3 Å². The summed E-state index contributed by atoms with van der Waals surface area (Å²) in [7, 11) is 0. The number of nitrogens with one attached hydrogen (secondary N) is 1. The third kappa shape index (κ3) is 4.02. The predicted octanol–water partition coefficient (Wildman–Crippen LogP) is 5.75. The number of anilines is 1. The van der Waals surface area contributed by atoms with Crippen LogP contribution in [-0.2, 0) is 0 Å². The summed E-state index contributed by atoms with van der Waals surface area (Å²) in [6.07, 6.45) is 2.81. The van der Waals surface area contributed by atoms with Crippen molar-refractivity contribution in [3.05, 3.63) is 58.6 Å². The fourth-order valence-electron chi connectivity index (χ4n) is 4.47. The van der Waals surface area contributed by atoms with Crippen molar-refractivity contribution in [2.75, 3.05) is 5.32 Å². The average molecular weight is 420 g/mol. The lowest BCUT2D eigenvalue weighted by Gasteiger charge is -2.34. The van der Waals surface area contributed by atoms with Gasteiger partial charge in [-0.2, -0.15) is 0 Å². The van der Waals surface area contributed by atoms with Gasteiger partial charge in [0.2, 0.25) is 0 Å². The highest BCUT2D eigenvalue weighted by Gasteiger charge is 2.30. The minimum atomic E-state index is -0.618. The minimum Gasteiger partial charge on any atom is -0.506 e. The highest BCUT2D eigenvalue weighted by Crippen LogP contribution is 2.39. The molecule has 4 rings (SSSR count). The van der Waals surface area contributed by atoms with Crippen molar-refractivity contribution in [3.63, 3.8) is 0 Å². The largest absolute Gasteiger partial charge is 0.506 e. The van der Waals surface area contributed by atoms with Gasteiger partial charge in [-0.05, 0) is 62.4 Å². The van der Waals surface area contributed by atoms with Crippen LogP contribution < -0.4 is 10.9 Å². The van der Waals surface area contributed by atoms with Crippen LogP contribution in [0.25, 0.3) is 27.9 Å². The van der Waals surface area contributed by atoms with E-state index < -0.39 is 5.63 Å². The molecule has 0 bridgehead atoms. The summed E-state index contributed by atoms with van der Waals surface area (Å²) in [4.78, 5) is 17.7. The number of aromatic nitrogens is 2. The lowest BCUT2D eigenvalue weighted by atomic mass is 9.82. The molecule has 0 fully saturated rings. The van der Waals surface area contributed by atoms with Gasteiger partial charge in [-0.15, -0.1) is 0 Å². The normalized spacial score (nSPS) is 12.6. The summed E-state index contributed by atoms with van der Waals surface area (Å²) in [6.45, 7) is 12.8. The Morgan fingerprint density at radius 1 is 1.13 bits per heavy atom. The Balaban J connectivity index is 1.98. The van der Waals surface area contributed by atoms with Crippen LogP contribution in [0.15, 0.2) is 51.8 Å². The number of para-hydroxylation sites is 1. The molecular formula is C25H29N3O3. The zero-order valence-electron chi connectivity index (χ0n) is 18.9. The lowest BCUT2D eigenvalue weighted by Crippen LogP contribution is -2.36. The summed E-state index contributed by atoms with van der Waals surface area (Å²) in [6, 6.07) is 10.9. The van der Waals surface area contributed by atoms with Crippen molar-refractivity contribution < 1.29 is 9.52 Å². The number of aryl methyl sites for hydroxylation is 1. The van der Waals surface area contributed by atoms with Gasteiger partial charge in [0, 0.05) is 11.7 Å². The summed E-state index contributed by atoms with van der Waals surface area (Å²) in [5, 5.41) is 15.1. The van der Waals surface area contributed by atoms with Gasteiger partial charge in [0.05, 0.1) is 5.39 Å². The van der Waals surface area contributed by atoms with E-state index in [1.54, 1.807) is 24.3 Å². The zero-order valence-corrected chi connectivity index (χ0v) is 18.9. The Labute approximate surface area is 181 Å². The molecule has 2 N–H and O–H groups in total. The SMILES string of the molecule is Cc1ccn2c(NC(C)(C)CC(C)(C)C)c(-c3c(O)c4ccccc4oc3=O)nc2c1. The summed E-state index contributed by atoms with van der Waals surface area (Å²) < 4.78 is 7.44. The molecule has 0 aliphatic rings. The number of benzene rings is 1. The number of hydrogen-bond donors (Lipinski definition) is 2. The van der Waals surface area contributed by atoms with Crippen molar-refractivity contribution in [1.29, 1.82) is 0 Å². The van der Waals surface area contributed by atoms with Crippen LogP contribution in [0.4, 0.5) is 5.82 Å². The highest BCUT2D eigenvalue weighted by molar-refractivity contribution is 5.92. The number of hydrogen-bond acceptors (Lipinski definition) is 5. The van der Waals surface area contributed by atoms with E-state index in [1.165, 1.54) is 0 Å². The monoisotopic (exact) mass is 419 g/mol. The molecule has 3 aromatic heterocycles. The second-order valence-corrected chi connectivity index (χ2v) is 10.1. The molecule has 0 saturated heterocycles. The van der Waals surface area contributed by atoms with Crippen molar-refractivity contribution in [3.8, 4) is 17.0 Å². The summed E-state index contributed by atoms with van der Waals surface area (Å²) in [5.41, 5.74) is 1.72. The third-order valence-corrected chi connectivity index (χ3v) is 5.23. The van der Waals surface area contributed by atoms with E-state index in [-0.39, 0.29) is 22.3 Å². The van der Waals surface area contributed by atoms with Gasteiger partial charge in [-0.1, -0.05) is 32.9 Å². The van der Waals surface area contributed by atoms with Gasteiger partial charge in [0.15, 0.2) is 0 Å². The Kier molecular flexibility index (Phi) is 4.84. The molecule has 1 aromatic carbocycles. The van der Waals surface area contributed by atoms with Crippen molar-refractivity contribution in [2.24, 2.45) is 5.41 Å². The third-order valence-electron chi connectivity index (χ3n) is 5.23. The van der Waals surface area contributed by atoms with Gasteiger partial charge in [0.1, 0.15) is 34.1 Å². The quantitative estimate of drug-likeness (QED) is 0.412. The smallest absolute Gasteiger partial charge is 0.349 e. The van der Waals surface area contributed by atoms with Crippen LogP contribution in [0.5, 0.6) is 5.75 Å². The molecule has 3 heterocycles. The molecule has 0 aliphatic carbocycles. The Hall–Kier alpha value is -3.28. The minimum absolute atomic E-state index is 0.0640.